The molecule has 16 nitrogen and oxygen atoms in total. The van der Waals surface area contributed by atoms with Gasteiger partial charge in [-0.15, -0.1) is 0 Å². The number of non-ortho nitro benzene ring substituents is 1. The van der Waals surface area contributed by atoms with Gasteiger partial charge in [0.1, 0.15) is 5.69 Å². The van der Waals surface area contributed by atoms with E-state index < -0.39 is 9.85 Å². The third-order valence-electron chi connectivity index (χ3n) is 9.07. The Morgan fingerprint density at radius 2 is 0.724 bits per heavy atom. The van der Waals surface area contributed by atoms with Crippen LogP contribution in [0, 0.1) is 20.2 Å². The average molecular weight is 832 g/mol. The van der Waals surface area contributed by atoms with Gasteiger partial charge in [-0.2, -0.15) is 0 Å². The fourth-order valence-corrected chi connectivity index (χ4v) is 5.81. The summed E-state index contributed by atoms with van der Waals surface area (Å²) in [5.41, 5.74) is -0.512. The fourth-order valence-electron chi connectivity index (χ4n) is 5.81. The van der Waals surface area contributed by atoms with Crippen molar-refractivity contribution < 1.29 is 52.5 Å². The van der Waals surface area contributed by atoms with Gasteiger partial charge >= 0.3 is 0 Å². The molecule has 16 heteroatoms. The van der Waals surface area contributed by atoms with Crippen LogP contribution in [-0.2, 0) is 42.6 Å². The lowest BCUT2D eigenvalue weighted by molar-refractivity contribution is -0.393. The number of rotatable bonds is 47. The average Bonchev–Trinajstić information content (AvgIpc) is 3.22. The third kappa shape index (κ3) is 35.4. The number of ether oxygens (including phenoxy) is 9. The second-order valence-electron chi connectivity index (χ2n) is 14.0. The number of hydrogen-bond donors (Lipinski definition) is 1. The summed E-state index contributed by atoms with van der Waals surface area (Å²) in [6, 6.07) is 3.45. The van der Waals surface area contributed by atoms with Gasteiger partial charge in [0.15, 0.2) is 0 Å². The van der Waals surface area contributed by atoms with E-state index in [-0.39, 0.29) is 23.7 Å². The van der Waals surface area contributed by atoms with E-state index >= 15 is 0 Å². The van der Waals surface area contributed by atoms with E-state index in [2.05, 4.69) is 12.2 Å². The number of nitrogens with one attached hydrogen (secondary N) is 1. The summed E-state index contributed by atoms with van der Waals surface area (Å²) in [5.74, 6) is 0. The standard InChI is InChI=1S/C42H77N3O13/c1-2-3-4-5-6-7-8-9-10-11-12-13-14-15-16-17-21-50-23-25-52-27-29-54-31-33-56-35-37-58-38-36-57-34-32-55-30-28-53-26-24-51-22-20-43-41-19-18-40(44(46)47)39-42(41)45(48)49/h18-19,39,43H,2-17,20-38H2,1H3. The topological polar surface area (TPSA) is 181 Å². The normalized spacial score (nSPS) is 11.4. The van der Waals surface area contributed by atoms with E-state index in [0.717, 1.165) is 19.1 Å². The van der Waals surface area contributed by atoms with Crippen LogP contribution in [0.5, 0.6) is 0 Å². The Hall–Kier alpha value is -2.54. The number of unbranched alkanes of at least 4 members (excludes halogenated alkanes) is 15. The first-order chi connectivity index (χ1) is 28.6. The van der Waals surface area contributed by atoms with Crippen molar-refractivity contribution in [1.82, 2.24) is 0 Å². The van der Waals surface area contributed by atoms with Crippen LogP contribution in [0.15, 0.2) is 18.2 Å². The minimum atomic E-state index is -0.676. The highest BCUT2D eigenvalue weighted by Crippen LogP contribution is 2.28. The first-order valence-electron chi connectivity index (χ1n) is 21.9. The molecule has 0 fully saturated rings. The van der Waals surface area contributed by atoms with Gasteiger partial charge in [0.2, 0.25) is 0 Å². The summed E-state index contributed by atoms with van der Waals surface area (Å²) in [4.78, 5) is 20.7. The highest BCUT2D eigenvalue weighted by molar-refractivity contribution is 5.65. The van der Waals surface area contributed by atoms with Gasteiger partial charge in [-0.3, -0.25) is 20.2 Å². The van der Waals surface area contributed by atoms with Crippen molar-refractivity contribution in [1.29, 1.82) is 0 Å². The van der Waals surface area contributed by atoms with E-state index in [1.54, 1.807) is 0 Å². The van der Waals surface area contributed by atoms with Crippen molar-refractivity contribution in [3.63, 3.8) is 0 Å². The monoisotopic (exact) mass is 832 g/mol. The number of nitro groups is 2. The van der Waals surface area contributed by atoms with Gasteiger partial charge in [0.25, 0.3) is 11.4 Å². The molecule has 1 aromatic carbocycles. The van der Waals surface area contributed by atoms with Crippen molar-refractivity contribution in [3.8, 4) is 0 Å². The lowest BCUT2D eigenvalue weighted by Gasteiger charge is -2.09. The van der Waals surface area contributed by atoms with Crippen LogP contribution in [0.4, 0.5) is 17.1 Å². The molecule has 0 aliphatic rings. The zero-order valence-electron chi connectivity index (χ0n) is 35.7. The molecule has 0 aromatic heterocycles. The van der Waals surface area contributed by atoms with Crippen LogP contribution < -0.4 is 5.32 Å². The molecular formula is C42H77N3O13. The minimum absolute atomic E-state index is 0.191. The van der Waals surface area contributed by atoms with E-state index in [1.807, 2.05) is 0 Å². The highest BCUT2D eigenvalue weighted by Gasteiger charge is 2.19. The molecule has 0 aliphatic carbocycles. The Balaban J connectivity index is 1.67. The van der Waals surface area contributed by atoms with Crippen LogP contribution in [0.2, 0.25) is 0 Å². The van der Waals surface area contributed by atoms with Crippen LogP contribution >= 0.6 is 0 Å². The molecule has 0 aliphatic heterocycles. The molecule has 1 aromatic rings. The molecule has 0 radical (unpaired) electrons. The smallest absolute Gasteiger partial charge is 0.299 e. The molecule has 0 atom stereocenters. The second kappa shape index (κ2) is 42.6. The first-order valence-corrected chi connectivity index (χ1v) is 21.9. The number of hydrogen-bond acceptors (Lipinski definition) is 14. The van der Waals surface area contributed by atoms with Crippen LogP contribution in [0.3, 0.4) is 0 Å². The molecule has 0 spiro atoms. The van der Waals surface area contributed by atoms with Crippen molar-refractivity contribution in [2.75, 3.05) is 131 Å². The van der Waals surface area contributed by atoms with E-state index in [9.17, 15) is 20.2 Å². The van der Waals surface area contributed by atoms with Crippen molar-refractivity contribution in [2.45, 2.75) is 110 Å². The number of benzene rings is 1. The van der Waals surface area contributed by atoms with Crippen LogP contribution in [-0.4, -0.2) is 135 Å². The summed E-state index contributed by atoms with van der Waals surface area (Å²) in [7, 11) is 0. The van der Waals surface area contributed by atoms with Crippen molar-refractivity contribution >= 4 is 17.1 Å². The van der Waals surface area contributed by atoms with E-state index in [0.29, 0.717) is 112 Å². The summed E-state index contributed by atoms with van der Waals surface area (Å²) >= 11 is 0. The predicted molar refractivity (Wildman–Crippen MR) is 225 cm³/mol. The number of nitro benzene ring substituents is 2. The largest absolute Gasteiger partial charge is 0.379 e. The zero-order valence-corrected chi connectivity index (χ0v) is 35.7. The molecule has 0 unspecified atom stereocenters. The molecule has 0 bridgehead atoms. The Labute approximate surface area is 347 Å². The maximum atomic E-state index is 11.2. The summed E-state index contributed by atoms with van der Waals surface area (Å²) in [5, 5.41) is 24.9. The van der Waals surface area contributed by atoms with Crippen LogP contribution in [0.1, 0.15) is 110 Å². The molecule has 0 heterocycles. The maximum absolute atomic E-state index is 11.2. The molecule has 338 valence electrons. The maximum Gasteiger partial charge on any atom is 0.299 e. The van der Waals surface area contributed by atoms with Gasteiger partial charge in [-0.05, 0) is 12.5 Å². The highest BCUT2D eigenvalue weighted by atomic mass is 16.6. The van der Waals surface area contributed by atoms with Gasteiger partial charge in [-0.1, -0.05) is 103 Å². The predicted octanol–water partition coefficient (Wildman–Crippen LogP) is 8.33. The Morgan fingerprint density at radius 3 is 1.05 bits per heavy atom. The lowest BCUT2D eigenvalue weighted by atomic mass is 10.0. The zero-order chi connectivity index (χ0) is 41.8. The molecule has 1 rings (SSSR count). The van der Waals surface area contributed by atoms with Crippen LogP contribution in [0.25, 0.3) is 0 Å². The van der Waals surface area contributed by atoms with Crippen molar-refractivity contribution in [3.05, 3.63) is 38.4 Å². The summed E-state index contributed by atoms with van der Waals surface area (Å²) in [6.07, 6.45) is 22.0. The fraction of sp³-hybridized carbons (Fsp3) is 0.857. The summed E-state index contributed by atoms with van der Waals surface area (Å²) in [6.45, 7) is 11.4. The van der Waals surface area contributed by atoms with Gasteiger partial charge in [0, 0.05) is 19.2 Å². The first kappa shape index (κ1) is 53.5. The second-order valence-corrected chi connectivity index (χ2v) is 14.0. The molecule has 58 heavy (non-hydrogen) atoms. The molecule has 0 amide bonds. The molecule has 0 saturated carbocycles. The third-order valence-corrected chi connectivity index (χ3v) is 9.07. The summed E-state index contributed by atoms with van der Waals surface area (Å²) < 4.78 is 49.6. The minimum Gasteiger partial charge on any atom is -0.379 e. The molecule has 0 saturated heterocycles. The SMILES string of the molecule is CCCCCCCCCCCCCCCCCCOCCOCCOCCOCCOCCOCCOCCOCCOCCNc1ccc([N+](=O)[O-])cc1[N+](=O)[O-]. The quantitative estimate of drug-likeness (QED) is 0.0376. The van der Waals surface area contributed by atoms with E-state index in [4.69, 9.17) is 42.6 Å². The van der Waals surface area contributed by atoms with Gasteiger partial charge in [0.05, 0.1) is 128 Å². The Morgan fingerprint density at radius 1 is 0.414 bits per heavy atom. The van der Waals surface area contributed by atoms with Gasteiger partial charge < -0.3 is 47.9 Å². The van der Waals surface area contributed by atoms with Crippen molar-refractivity contribution in [2.24, 2.45) is 0 Å². The Bertz CT molecular complexity index is 1070. The number of anilines is 1. The Kier molecular flexibility index (Phi) is 39.3. The lowest BCUT2D eigenvalue weighted by Crippen LogP contribution is -2.15. The van der Waals surface area contributed by atoms with E-state index in [1.165, 1.54) is 108 Å². The molecular weight excluding hydrogens is 754 g/mol. The number of nitrogens with zero attached hydrogens (tertiary/aromatic N) is 2. The van der Waals surface area contributed by atoms with Gasteiger partial charge in [-0.25, -0.2) is 0 Å². The molecule has 1 N–H and O–H groups in total.